The highest BCUT2D eigenvalue weighted by Gasteiger charge is 2.21. The van der Waals surface area contributed by atoms with Crippen LogP contribution in [-0.2, 0) is 4.74 Å². The Morgan fingerprint density at radius 2 is 1.95 bits per heavy atom. The van der Waals surface area contributed by atoms with Gasteiger partial charge in [0.05, 0.1) is 12.8 Å². The van der Waals surface area contributed by atoms with E-state index in [1.807, 2.05) is 52.0 Å². The van der Waals surface area contributed by atoms with Gasteiger partial charge in [-0.15, -0.1) is 0 Å². The number of rotatable bonds is 4. The van der Waals surface area contributed by atoms with E-state index < -0.39 is 11.7 Å². The van der Waals surface area contributed by atoms with Gasteiger partial charge in [-0.1, -0.05) is 40.2 Å². The minimum atomic E-state index is -0.558. The van der Waals surface area contributed by atoms with E-state index in [0.29, 0.717) is 6.54 Å². The first-order chi connectivity index (χ1) is 9.67. The first-order valence-electron chi connectivity index (χ1n) is 6.62. The summed E-state index contributed by atoms with van der Waals surface area (Å²) in [5, 5.41) is 5.48. The smallest absolute Gasteiger partial charge is 0.431 e. The van der Waals surface area contributed by atoms with Crippen LogP contribution < -0.4 is 0 Å². The number of carbonyl (C=O) groups excluding carboxylic acids is 1. The lowest BCUT2D eigenvalue weighted by molar-refractivity contribution is 0.0273. The van der Waals surface area contributed by atoms with Gasteiger partial charge in [-0.3, -0.25) is 0 Å². The largest absolute Gasteiger partial charge is 0.442 e. The van der Waals surface area contributed by atoms with Gasteiger partial charge in [-0.25, -0.2) is 4.79 Å². The molecule has 1 aromatic rings. The third-order valence-electron chi connectivity index (χ3n) is 2.24. The average molecular weight is 353 g/mol. The van der Waals surface area contributed by atoms with Crippen LogP contribution in [0, 0.1) is 0 Å². The second-order valence-corrected chi connectivity index (χ2v) is 6.71. The second-order valence-electron chi connectivity index (χ2n) is 5.79. The first kappa shape index (κ1) is 17.4. The molecule has 21 heavy (non-hydrogen) atoms. The van der Waals surface area contributed by atoms with Gasteiger partial charge in [0, 0.05) is 4.47 Å². The van der Waals surface area contributed by atoms with Crippen molar-refractivity contribution in [3.63, 3.8) is 0 Å². The number of hydrogen-bond donors (Lipinski definition) is 0. The topological polar surface area (TPSA) is 41.9 Å². The molecule has 0 bridgehead atoms. The lowest BCUT2D eigenvalue weighted by Gasteiger charge is -2.24. The number of ether oxygens (including phenoxy) is 1. The third-order valence-corrected chi connectivity index (χ3v) is 2.77. The first-order valence-corrected chi connectivity index (χ1v) is 7.41. The molecular weight excluding hydrogens is 332 g/mol. The van der Waals surface area contributed by atoms with Crippen molar-refractivity contribution in [2.75, 3.05) is 6.54 Å². The van der Waals surface area contributed by atoms with Crippen LogP contribution in [0.4, 0.5) is 4.79 Å². The van der Waals surface area contributed by atoms with Gasteiger partial charge in [0.2, 0.25) is 0 Å². The van der Waals surface area contributed by atoms with Crippen LogP contribution >= 0.6 is 15.9 Å². The standard InChI is InChI=1S/C16H21BrN2O2/c1-12(2)11-19(15(20)21-16(3,4)5)18-10-13-6-8-14(17)9-7-13/h6-10H,1,11H2,2-5H3/b18-10+. The summed E-state index contributed by atoms with van der Waals surface area (Å²) < 4.78 is 6.32. The molecule has 0 radical (unpaired) electrons. The highest BCUT2D eigenvalue weighted by molar-refractivity contribution is 9.10. The molecule has 0 saturated carbocycles. The van der Waals surface area contributed by atoms with Crippen LogP contribution in [0.3, 0.4) is 0 Å². The molecule has 1 rings (SSSR count). The molecule has 5 heteroatoms. The van der Waals surface area contributed by atoms with Crippen LogP contribution in [0.1, 0.15) is 33.3 Å². The van der Waals surface area contributed by atoms with Crippen molar-refractivity contribution in [3.05, 3.63) is 46.5 Å². The van der Waals surface area contributed by atoms with E-state index in [0.717, 1.165) is 15.6 Å². The molecule has 0 N–H and O–H groups in total. The lowest BCUT2D eigenvalue weighted by atomic mass is 10.2. The number of halogens is 1. The third kappa shape index (κ3) is 7.09. The van der Waals surface area contributed by atoms with Crippen LogP contribution in [0.15, 0.2) is 46.0 Å². The Balaban J connectivity index is 2.84. The van der Waals surface area contributed by atoms with Crippen molar-refractivity contribution in [1.29, 1.82) is 0 Å². The zero-order valence-corrected chi connectivity index (χ0v) is 14.5. The molecule has 0 heterocycles. The maximum absolute atomic E-state index is 12.1. The average Bonchev–Trinajstić information content (AvgIpc) is 2.33. The molecule has 0 aromatic heterocycles. The molecule has 0 aliphatic rings. The lowest BCUT2D eigenvalue weighted by Crippen LogP contribution is -2.34. The fourth-order valence-corrected chi connectivity index (χ4v) is 1.67. The Bertz CT molecular complexity index is 530. The van der Waals surface area contributed by atoms with Gasteiger partial charge >= 0.3 is 6.09 Å². The maximum Gasteiger partial charge on any atom is 0.431 e. The Morgan fingerprint density at radius 3 is 2.43 bits per heavy atom. The van der Waals surface area contributed by atoms with E-state index in [1.54, 1.807) is 6.21 Å². The summed E-state index contributed by atoms with van der Waals surface area (Å²) in [5.41, 5.74) is 1.17. The van der Waals surface area contributed by atoms with Gasteiger partial charge in [0.25, 0.3) is 0 Å². The SMILES string of the molecule is C=C(C)CN(/N=C/c1ccc(Br)cc1)C(=O)OC(C)(C)C. The Morgan fingerprint density at radius 1 is 1.38 bits per heavy atom. The van der Waals surface area contributed by atoms with E-state index in [-0.39, 0.29) is 0 Å². The van der Waals surface area contributed by atoms with Crippen molar-refractivity contribution in [1.82, 2.24) is 5.01 Å². The summed E-state index contributed by atoms with van der Waals surface area (Å²) in [4.78, 5) is 12.1. The number of nitrogens with zero attached hydrogens (tertiary/aromatic N) is 2. The summed E-state index contributed by atoms with van der Waals surface area (Å²) in [6.45, 7) is 11.4. The second kappa shape index (κ2) is 7.41. The van der Waals surface area contributed by atoms with E-state index in [9.17, 15) is 4.79 Å². The van der Waals surface area contributed by atoms with Gasteiger partial charge in [-0.2, -0.15) is 10.1 Å². The quantitative estimate of drug-likeness (QED) is 0.451. The number of carbonyl (C=O) groups is 1. The summed E-state index contributed by atoms with van der Waals surface area (Å²) in [7, 11) is 0. The molecular formula is C16H21BrN2O2. The summed E-state index contributed by atoms with van der Waals surface area (Å²) in [6.07, 6.45) is 1.14. The van der Waals surface area contributed by atoms with Crippen molar-refractivity contribution in [3.8, 4) is 0 Å². The molecule has 1 amide bonds. The van der Waals surface area contributed by atoms with E-state index in [4.69, 9.17) is 4.74 Å². The Kier molecular flexibility index (Phi) is 6.15. The van der Waals surface area contributed by atoms with Crippen LogP contribution in [-0.4, -0.2) is 29.5 Å². The van der Waals surface area contributed by atoms with Gasteiger partial charge in [0.1, 0.15) is 5.60 Å². The van der Waals surface area contributed by atoms with Crippen molar-refractivity contribution in [2.24, 2.45) is 5.10 Å². The molecule has 0 aliphatic heterocycles. The Labute approximate surface area is 134 Å². The summed E-state index contributed by atoms with van der Waals surface area (Å²) >= 11 is 3.37. The van der Waals surface area contributed by atoms with Crippen molar-refractivity contribution >= 4 is 28.2 Å². The van der Waals surface area contributed by atoms with Gasteiger partial charge in [0.15, 0.2) is 0 Å². The number of amides is 1. The molecule has 114 valence electrons. The van der Waals surface area contributed by atoms with Gasteiger partial charge in [-0.05, 0) is 45.4 Å². The number of hydrogen-bond acceptors (Lipinski definition) is 3. The van der Waals surface area contributed by atoms with E-state index in [2.05, 4.69) is 27.6 Å². The van der Waals surface area contributed by atoms with Crippen LogP contribution in [0.2, 0.25) is 0 Å². The zero-order chi connectivity index (χ0) is 16.0. The van der Waals surface area contributed by atoms with E-state index >= 15 is 0 Å². The summed E-state index contributed by atoms with van der Waals surface area (Å²) in [6, 6.07) is 7.64. The number of hydrazone groups is 1. The molecule has 0 atom stereocenters. The van der Waals surface area contributed by atoms with E-state index in [1.165, 1.54) is 5.01 Å². The monoisotopic (exact) mass is 352 g/mol. The van der Waals surface area contributed by atoms with Crippen molar-refractivity contribution in [2.45, 2.75) is 33.3 Å². The predicted molar refractivity (Wildman–Crippen MR) is 89.5 cm³/mol. The molecule has 0 spiro atoms. The fourth-order valence-electron chi connectivity index (χ4n) is 1.41. The zero-order valence-electron chi connectivity index (χ0n) is 12.9. The van der Waals surface area contributed by atoms with Gasteiger partial charge < -0.3 is 4.74 Å². The molecule has 0 unspecified atom stereocenters. The van der Waals surface area contributed by atoms with Crippen LogP contribution in [0.25, 0.3) is 0 Å². The molecule has 4 nitrogen and oxygen atoms in total. The minimum absolute atomic E-state index is 0.321. The predicted octanol–water partition coefficient (Wildman–Crippen LogP) is 4.60. The molecule has 0 aliphatic carbocycles. The highest BCUT2D eigenvalue weighted by Crippen LogP contribution is 2.12. The maximum atomic E-state index is 12.1. The molecule has 0 fully saturated rings. The molecule has 0 saturated heterocycles. The van der Waals surface area contributed by atoms with Crippen LogP contribution in [0.5, 0.6) is 0 Å². The number of benzene rings is 1. The molecule has 1 aromatic carbocycles. The van der Waals surface area contributed by atoms with Crippen molar-refractivity contribution < 1.29 is 9.53 Å². The normalized spacial score (nSPS) is 11.5. The summed E-state index contributed by atoms with van der Waals surface area (Å²) in [5.74, 6) is 0. The highest BCUT2D eigenvalue weighted by atomic mass is 79.9. The minimum Gasteiger partial charge on any atom is -0.442 e. The Hall–Kier alpha value is -1.62. The fraction of sp³-hybridized carbons (Fsp3) is 0.375.